The van der Waals surface area contributed by atoms with Gasteiger partial charge in [-0.1, -0.05) is 54.6 Å². The van der Waals surface area contributed by atoms with Crippen LogP contribution in [0.5, 0.6) is 0 Å². The van der Waals surface area contributed by atoms with E-state index in [2.05, 4.69) is 48.5 Å². The van der Waals surface area contributed by atoms with Gasteiger partial charge < -0.3 is 4.74 Å². The lowest BCUT2D eigenvalue weighted by atomic mass is 9.88. The van der Waals surface area contributed by atoms with E-state index >= 15 is 0 Å². The van der Waals surface area contributed by atoms with Crippen molar-refractivity contribution < 1.29 is 9.53 Å². The zero-order chi connectivity index (χ0) is 17.6. The number of aryl methyl sites for hydroxylation is 2. The summed E-state index contributed by atoms with van der Waals surface area (Å²) in [6, 6.07) is 19.1. The fraction of sp³-hybridized carbons (Fsp3) is 0.273. The smallest absolute Gasteiger partial charge is 0.348 e. The van der Waals surface area contributed by atoms with Crippen molar-refractivity contribution in [3.63, 3.8) is 0 Å². The third-order valence-corrected chi connectivity index (χ3v) is 4.57. The van der Waals surface area contributed by atoms with Gasteiger partial charge in [0.2, 0.25) is 0 Å². The van der Waals surface area contributed by atoms with Crippen molar-refractivity contribution in [1.29, 1.82) is 5.26 Å². The molecule has 0 saturated carbocycles. The van der Waals surface area contributed by atoms with E-state index in [1.807, 2.05) is 6.07 Å². The summed E-state index contributed by atoms with van der Waals surface area (Å²) < 4.78 is 5.00. The van der Waals surface area contributed by atoms with Crippen molar-refractivity contribution in [2.24, 2.45) is 0 Å². The first-order chi connectivity index (χ1) is 12.2. The maximum Gasteiger partial charge on any atom is 0.348 e. The molecule has 4 aliphatic rings. The van der Waals surface area contributed by atoms with Crippen LogP contribution in [-0.2, 0) is 28.8 Å². The minimum atomic E-state index is -0.553. The number of hydrogen-bond acceptors (Lipinski definition) is 3. The molecule has 0 radical (unpaired) electrons. The van der Waals surface area contributed by atoms with Crippen LogP contribution in [0.15, 0.2) is 60.2 Å². The number of nitriles is 1. The zero-order valence-electron chi connectivity index (χ0n) is 14.4. The topological polar surface area (TPSA) is 50.1 Å². The Labute approximate surface area is 148 Å². The summed E-state index contributed by atoms with van der Waals surface area (Å²) in [6.45, 7) is 2.00. The minimum absolute atomic E-state index is 0.0432. The highest BCUT2D eigenvalue weighted by Crippen LogP contribution is 2.26. The Kier molecular flexibility index (Phi) is 5.30. The van der Waals surface area contributed by atoms with Gasteiger partial charge in [0.1, 0.15) is 11.6 Å². The standard InChI is InChI=1S/C22H21NO2/c1-2-25-22(24)21(15-23)14-20-13-18-7-5-16(6-8-18)3-4-17-9-11-19(20)12-10-17/h5-12,14,20H,2-4,13H2,1H3/b21-14-. The molecular weight excluding hydrogens is 310 g/mol. The van der Waals surface area contributed by atoms with Crippen LogP contribution in [0.25, 0.3) is 0 Å². The molecule has 0 amide bonds. The van der Waals surface area contributed by atoms with Crippen LogP contribution in [0, 0.1) is 11.3 Å². The Morgan fingerprint density at radius 2 is 1.64 bits per heavy atom. The van der Waals surface area contributed by atoms with E-state index in [0.717, 1.165) is 24.8 Å². The number of nitrogens with zero attached hydrogens (tertiary/aromatic N) is 1. The summed E-state index contributed by atoms with van der Waals surface area (Å²) in [7, 11) is 0. The van der Waals surface area contributed by atoms with Crippen molar-refractivity contribution in [2.45, 2.75) is 32.1 Å². The normalized spacial score (nSPS) is 16.6. The maximum absolute atomic E-state index is 12.0. The number of allylic oxidation sites excluding steroid dienone is 1. The number of carbonyl (C=O) groups excluding carboxylic acids is 1. The zero-order valence-corrected chi connectivity index (χ0v) is 14.4. The first-order valence-corrected chi connectivity index (χ1v) is 8.65. The lowest BCUT2D eigenvalue weighted by Gasteiger charge is -2.17. The molecule has 0 aliphatic heterocycles. The Morgan fingerprint density at radius 1 is 1.08 bits per heavy atom. The molecule has 3 nitrogen and oxygen atoms in total. The molecule has 4 bridgehead atoms. The number of rotatable bonds is 3. The van der Waals surface area contributed by atoms with Gasteiger partial charge in [0.25, 0.3) is 0 Å². The number of benzene rings is 2. The second-order valence-corrected chi connectivity index (χ2v) is 6.28. The second kappa shape index (κ2) is 7.81. The van der Waals surface area contributed by atoms with Crippen molar-refractivity contribution in [2.75, 3.05) is 6.61 Å². The molecule has 2 aromatic rings. The molecular formula is C22H21NO2. The fourth-order valence-corrected chi connectivity index (χ4v) is 3.15. The van der Waals surface area contributed by atoms with Gasteiger partial charge in [0.15, 0.2) is 0 Å². The van der Waals surface area contributed by atoms with Crippen LogP contribution in [0.2, 0.25) is 0 Å². The van der Waals surface area contributed by atoms with Gasteiger partial charge in [0, 0.05) is 5.92 Å². The van der Waals surface area contributed by atoms with Gasteiger partial charge in [-0.15, -0.1) is 0 Å². The van der Waals surface area contributed by atoms with Gasteiger partial charge >= 0.3 is 5.97 Å². The van der Waals surface area contributed by atoms with E-state index in [0.29, 0.717) is 0 Å². The van der Waals surface area contributed by atoms with Crippen LogP contribution < -0.4 is 0 Å². The minimum Gasteiger partial charge on any atom is -0.462 e. The fourth-order valence-electron chi connectivity index (χ4n) is 3.15. The molecule has 1 atom stereocenters. The van der Waals surface area contributed by atoms with Crippen molar-refractivity contribution in [3.8, 4) is 6.07 Å². The monoisotopic (exact) mass is 331 g/mol. The van der Waals surface area contributed by atoms with Crippen LogP contribution >= 0.6 is 0 Å². The molecule has 2 aromatic carbocycles. The summed E-state index contributed by atoms with van der Waals surface area (Å²) in [5, 5.41) is 9.36. The Bertz CT molecular complexity index is 811. The largest absolute Gasteiger partial charge is 0.462 e. The molecule has 0 spiro atoms. The summed E-state index contributed by atoms with van der Waals surface area (Å²) in [6.07, 6.45) is 4.52. The summed E-state index contributed by atoms with van der Waals surface area (Å²) >= 11 is 0. The van der Waals surface area contributed by atoms with Crippen LogP contribution in [0.1, 0.15) is 35.1 Å². The van der Waals surface area contributed by atoms with Gasteiger partial charge in [-0.25, -0.2) is 4.79 Å². The first kappa shape index (κ1) is 17.0. The Hall–Kier alpha value is -2.86. The van der Waals surface area contributed by atoms with Crippen LogP contribution in [-0.4, -0.2) is 12.6 Å². The highest BCUT2D eigenvalue weighted by atomic mass is 16.5. The second-order valence-electron chi connectivity index (χ2n) is 6.28. The van der Waals surface area contributed by atoms with Gasteiger partial charge in [-0.2, -0.15) is 5.26 Å². The predicted octanol–water partition coefficient (Wildman–Crippen LogP) is 4.12. The first-order valence-electron chi connectivity index (χ1n) is 8.65. The third-order valence-electron chi connectivity index (χ3n) is 4.57. The number of hydrogen-bond donors (Lipinski definition) is 0. The van der Waals surface area contributed by atoms with Crippen LogP contribution in [0.3, 0.4) is 0 Å². The van der Waals surface area contributed by atoms with Gasteiger partial charge in [0.05, 0.1) is 6.61 Å². The number of ether oxygens (including phenoxy) is 1. The number of esters is 1. The Morgan fingerprint density at radius 3 is 2.20 bits per heavy atom. The highest BCUT2D eigenvalue weighted by molar-refractivity contribution is 5.92. The quantitative estimate of drug-likeness (QED) is 0.483. The maximum atomic E-state index is 12.0. The van der Waals surface area contributed by atoms with Crippen molar-refractivity contribution in [3.05, 3.63) is 82.4 Å². The molecule has 25 heavy (non-hydrogen) atoms. The molecule has 3 heteroatoms. The predicted molar refractivity (Wildman–Crippen MR) is 97.1 cm³/mol. The molecule has 1 unspecified atom stereocenters. The van der Waals surface area contributed by atoms with E-state index in [1.54, 1.807) is 13.0 Å². The molecule has 126 valence electrons. The average Bonchev–Trinajstić information content (AvgIpc) is 2.63. The SMILES string of the molecule is CCOC(=O)/C(C#N)=C\C1Cc2ccc(cc2)CCc2ccc1cc2. The van der Waals surface area contributed by atoms with E-state index in [4.69, 9.17) is 4.74 Å². The highest BCUT2D eigenvalue weighted by Gasteiger charge is 2.17. The molecule has 0 saturated heterocycles. The summed E-state index contributed by atoms with van der Waals surface area (Å²) in [5.74, 6) is -0.596. The molecule has 0 fully saturated rings. The average molecular weight is 331 g/mol. The van der Waals surface area contributed by atoms with Crippen molar-refractivity contribution >= 4 is 5.97 Å². The van der Waals surface area contributed by atoms with Crippen LogP contribution in [0.4, 0.5) is 0 Å². The van der Waals surface area contributed by atoms with E-state index in [-0.39, 0.29) is 18.1 Å². The summed E-state index contributed by atoms with van der Waals surface area (Å²) in [5.41, 5.74) is 4.98. The molecule has 4 aliphatic carbocycles. The molecule has 6 rings (SSSR count). The molecule has 0 heterocycles. The lowest BCUT2D eigenvalue weighted by molar-refractivity contribution is -0.138. The van der Waals surface area contributed by atoms with Gasteiger partial charge in [-0.3, -0.25) is 0 Å². The lowest BCUT2D eigenvalue weighted by Crippen LogP contribution is -2.10. The van der Waals surface area contributed by atoms with Gasteiger partial charge in [-0.05, 0) is 48.4 Å². The van der Waals surface area contributed by atoms with Crippen molar-refractivity contribution in [1.82, 2.24) is 0 Å². The molecule has 0 N–H and O–H groups in total. The summed E-state index contributed by atoms with van der Waals surface area (Å²) in [4.78, 5) is 12.0. The van der Waals surface area contributed by atoms with E-state index in [1.165, 1.54) is 16.7 Å². The Balaban J connectivity index is 2.00. The van der Waals surface area contributed by atoms with E-state index in [9.17, 15) is 10.1 Å². The van der Waals surface area contributed by atoms with E-state index < -0.39 is 5.97 Å². The third kappa shape index (κ3) is 4.16. The number of carbonyl (C=O) groups is 1. The molecule has 0 aromatic heterocycles.